The lowest BCUT2D eigenvalue weighted by Gasteiger charge is -2.37. The van der Waals surface area contributed by atoms with E-state index in [2.05, 4.69) is 15.2 Å². The monoisotopic (exact) mass is 207 g/mol. The van der Waals surface area contributed by atoms with Gasteiger partial charge in [-0.25, -0.2) is 9.78 Å². The van der Waals surface area contributed by atoms with Crippen molar-refractivity contribution < 1.29 is 9.90 Å². The molecule has 2 N–H and O–H groups in total. The molecular weight excluding hydrogens is 194 g/mol. The van der Waals surface area contributed by atoms with Gasteiger partial charge in [0.05, 0.1) is 6.04 Å². The van der Waals surface area contributed by atoms with Crippen LogP contribution in [0.3, 0.4) is 0 Å². The Kier molecular flexibility index (Phi) is 2.55. The maximum atomic E-state index is 10.9. The van der Waals surface area contributed by atoms with Crippen LogP contribution in [0.25, 0.3) is 0 Å². The van der Waals surface area contributed by atoms with Crippen LogP contribution in [0.2, 0.25) is 0 Å². The maximum Gasteiger partial charge on any atom is 0.339 e. The maximum absolute atomic E-state index is 10.9. The number of nitrogens with one attached hydrogen (secondary N) is 1. The average Bonchev–Trinajstić information content (AvgIpc) is 2.16. The Bertz CT molecular complexity index is 375. The number of pyridine rings is 1. The van der Waals surface area contributed by atoms with E-state index in [1.807, 2.05) is 7.05 Å². The van der Waals surface area contributed by atoms with Crippen LogP contribution < -0.4 is 5.32 Å². The number of aromatic carboxylic acids is 1. The number of rotatable bonds is 3. The van der Waals surface area contributed by atoms with Crippen molar-refractivity contribution in [3.05, 3.63) is 23.9 Å². The lowest BCUT2D eigenvalue weighted by Crippen LogP contribution is -2.52. The summed E-state index contributed by atoms with van der Waals surface area (Å²) < 4.78 is 0. The van der Waals surface area contributed by atoms with Gasteiger partial charge < -0.3 is 15.3 Å². The zero-order valence-electron chi connectivity index (χ0n) is 8.47. The number of likely N-dealkylation sites (tertiary alicyclic amines) is 1. The first kappa shape index (κ1) is 9.92. The molecule has 0 aromatic carbocycles. The largest absolute Gasteiger partial charge is 0.478 e. The van der Waals surface area contributed by atoms with Crippen molar-refractivity contribution in [1.82, 2.24) is 9.88 Å². The molecule has 0 radical (unpaired) electrons. The molecule has 0 bridgehead atoms. The van der Waals surface area contributed by atoms with Gasteiger partial charge in [0.1, 0.15) is 11.4 Å². The van der Waals surface area contributed by atoms with E-state index in [1.165, 1.54) is 0 Å². The van der Waals surface area contributed by atoms with Gasteiger partial charge in [0, 0.05) is 19.3 Å². The third kappa shape index (κ3) is 2.07. The fraction of sp³-hybridized carbons (Fsp3) is 0.400. The molecule has 0 atom stereocenters. The molecule has 2 rings (SSSR count). The van der Waals surface area contributed by atoms with Gasteiger partial charge in [-0.1, -0.05) is 0 Å². The second-order valence-corrected chi connectivity index (χ2v) is 3.77. The fourth-order valence-electron chi connectivity index (χ4n) is 1.68. The Labute approximate surface area is 87.7 Å². The first-order valence-electron chi connectivity index (χ1n) is 4.80. The summed E-state index contributed by atoms with van der Waals surface area (Å²) in [5, 5.41) is 12.1. The summed E-state index contributed by atoms with van der Waals surface area (Å²) in [4.78, 5) is 17.1. The van der Waals surface area contributed by atoms with Crippen LogP contribution in [0.4, 0.5) is 5.82 Å². The Morgan fingerprint density at radius 2 is 2.40 bits per heavy atom. The van der Waals surface area contributed by atoms with Crippen LogP contribution in [0.1, 0.15) is 10.4 Å². The minimum absolute atomic E-state index is 0.229. The summed E-state index contributed by atoms with van der Waals surface area (Å²) in [6.45, 7) is 1.85. The highest BCUT2D eigenvalue weighted by atomic mass is 16.4. The van der Waals surface area contributed by atoms with Gasteiger partial charge in [-0.2, -0.15) is 0 Å². The average molecular weight is 207 g/mol. The quantitative estimate of drug-likeness (QED) is 0.755. The molecule has 5 heteroatoms. The molecule has 1 saturated heterocycles. The normalized spacial score (nSPS) is 17.1. The number of hydrogen-bond donors (Lipinski definition) is 2. The van der Waals surface area contributed by atoms with Crippen LogP contribution in [0.15, 0.2) is 18.3 Å². The second-order valence-electron chi connectivity index (χ2n) is 3.77. The topological polar surface area (TPSA) is 65.5 Å². The minimum atomic E-state index is -0.946. The van der Waals surface area contributed by atoms with Crippen molar-refractivity contribution in [3.63, 3.8) is 0 Å². The van der Waals surface area contributed by atoms with Crippen molar-refractivity contribution in [2.45, 2.75) is 6.04 Å². The van der Waals surface area contributed by atoms with Crippen molar-refractivity contribution in [2.24, 2.45) is 0 Å². The number of aromatic nitrogens is 1. The van der Waals surface area contributed by atoms with Crippen molar-refractivity contribution >= 4 is 11.8 Å². The van der Waals surface area contributed by atoms with Gasteiger partial charge in [-0.05, 0) is 19.2 Å². The Morgan fingerprint density at radius 3 is 3.00 bits per heavy atom. The molecule has 1 aliphatic rings. The van der Waals surface area contributed by atoms with Crippen molar-refractivity contribution in [1.29, 1.82) is 0 Å². The van der Waals surface area contributed by atoms with Crippen LogP contribution in [-0.2, 0) is 0 Å². The van der Waals surface area contributed by atoms with Gasteiger partial charge >= 0.3 is 5.97 Å². The number of likely N-dealkylation sites (N-methyl/N-ethyl adjacent to an activating group) is 1. The molecular formula is C10H13N3O2. The molecule has 1 aromatic rings. The predicted molar refractivity (Wildman–Crippen MR) is 56.1 cm³/mol. The number of carbonyl (C=O) groups is 1. The SMILES string of the molecule is CN1CC(Nc2ncccc2C(=O)O)C1. The molecule has 0 saturated carbocycles. The summed E-state index contributed by atoms with van der Waals surface area (Å²) in [5.41, 5.74) is 0.229. The van der Waals surface area contributed by atoms with Gasteiger partial charge in [-0.3, -0.25) is 0 Å². The van der Waals surface area contributed by atoms with E-state index in [9.17, 15) is 4.79 Å². The predicted octanol–water partition coefficient (Wildman–Crippen LogP) is 0.506. The molecule has 80 valence electrons. The van der Waals surface area contributed by atoms with Gasteiger partial charge in [-0.15, -0.1) is 0 Å². The smallest absolute Gasteiger partial charge is 0.339 e. The molecule has 1 fully saturated rings. The summed E-state index contributed by atoms with van der Waals surface area (Å²) in [5.74, 6) is -0.485. The van der Waals surface area contributed by atoms with E-state index in [-0.39, 0.29) is 5.56 Å². The highest BCUT2D eigenvalue weighted by molar-refractivity contribution is 5.93. The summed E-state index contributed by atoms with van der Waals surface area (Å²) in [6, 6.07) is 3.49. The standard InChI is InChI=1S/C10H13N3O2/c1-13-5-7(6-13)12-9-8(10(14)15)3-2-4-11-9/h2-4,7H,5-6H2,1H3,(H,11,12)(H,14,15). The Morgan fingerprint density at radius 1 is 1.67 bits per heavy atom. The molecule has 0 amide bonds. The third-order valence-corrected chi connectivity index (χ3v) is 2.44. The van der Waals surface area contributed by atoms with Gasteiger partial charge in [0.25, 0.3) is 0 Å². The number of nitrogens with zero attached hydrogens (tertiary/aromatic N) is 2. The number of anilines is 1. The van der Waals surface area contributed by atoms with Crippen LogP contribution in [0.5, 0.6) is 0 Å². The van der Waals surface area contributed by atoms with E-state index in [0.717, 1.165) is 13.1 Å². The molecule has 2 heterocycles. The lowest BCUT2D eigenvalue weighted by molar-refractivity contribution is 0.0697. The summed E-state index contributed by atoms with van der Waals surface area (Å²) in [6.07, 6.45) is 1.59. The Hall–Kier alpha value is -1.62. The first-order chi connectivity index (χ1) is 7.16. The van der Waals surface area contributed by atoms with Crippen LogP contribution in [0, 0.1) is 0 Å². The van der Waals surface area contributed by atoms with E-state index >= 15 is 0 Å². The molecule has 0 unspecified atom stereocenters. The highest BCUT2D eigenvalue weighted by Gasteiger charge is 2.24. The number of carboxylic acids is 1. The van der Waals surface area contributed by atoms with E-state index in [0.29, 0.717) is 11.9 Å². The minimum Gasteiger partial charge on any atom is -0.478 e. The molecule has 5 nitrogen and oxygen atoms in total. The number of carboxylic acid groups (broad SMARTS) is 1. The fourth-order valence-corrected chi connectivity index (χ4v) is 1.68. The Balaban J connectivity index is 2.10. The summed E-state index contributed by atoms with van der Waals surface area (Å²) in [7, 11) is 2.02. The molecule has 1 aromatic heterocycles. The van der Waals surface area contributed by atoms with E-state index in [1.54, 1.807) is 18.3 Å². The second kappa shape index (κ2) is 3.86. The zero-order chi connectivity index (χ0) is 10.8. The van der Waals surface area contributed by atoms with E-state index in [4.69, 9.17) is 5.11 Å². The summed E-state index contributed by atoms with van der Waals surface area (Å²) >= 11 is 0. The van der Waals surface area contributed by atoms with Crippen molar-refractivity contribution in [3.8, 4) is 0 Å². The zero-order valence-corrected chi connectivity index (χ0v) is 8.47. The molecule has 15 heavy (non-hydrogen) atoms. The van der Waals surface area contributed by atoms with Crippen LogP contribution >= 0.6 is 0 Å². The van der Waals surface area contributed by atoms with E-state index < -0.39 is 5.97 Å². The molecule has 0 spiro atoms. The molecule has 1 aliphatic heterocycles. The lowest BCUT2D eigenvalue weighted by atomic mass is 10.1. The van der Waals surface area contributed by atoms with Gasteiger partial charge in [0.15, 0.2) is 0 Å². The van der Waals surface area contributed by atoms with Gasteiger partial charge in [0.2, 0.25) is 0 Å². The first-order valence-corrected chi connectivity index (χ1v) is 4.80. The third-order valence-electron chi connectivity index (χ3n) is 2.44. The number of hydrogen-bond acceptors (Lipinski definition) is 4. The highest BCUT2D eigenvalue weighted by Crippen LogP contribution is 2.15. The van der Waals surface area contributed by atoms with Crippen LogP contribution in [-0.4, -0.2) is 47.1 Å². The van der Waals surface area contributed by atoms with Crippen molar-refractivity contribution in [2.75, 3.05) is 25.5 Å². The molecule has 0 aliphatic carbocycles.